The lowest BCUT2D eigenvalue weighted by atomic mass is 10.2. The van der Waals surface area contributed by atoms with E-state index in [9.17, 15) is 0 Å². The lowest BCUT2D eigenvalue weighted by molar-refractivity contribution is -0.914. The van der Waals surface area contributed by atoms with E-state index < -0.39 is 0 Å². The Hall–Kier alpha value is -1.28. The van der Waals surface area contributed by atoms with Gasteiger partial charge >= 0.3 is 0 Å². The lowest BCUT2D eigenvalue weighted by Crippen LogP contribution is -3.15. The summed E-state index contributed by atoms with van der Waals surface area (Å²) in [6, 6.07) is 5.45. The molecule has 1 aliphatic heterocycles. The molecule has 0 saturated carbocycles. The van der Waals surface area contributed by atoms with Gasteiger partial charge in [-0.25, -0.2) is 4.98 Å². The molecule has 1 unspecified atom stereocenters. The van der Waals surface area contributed by atoms with Crippen molar-refractivity contribution >= 4 is 23.4 Å². The van der Waals surface area contributed by atoms with E-state index in [-0.39, 0.29) is 6.10 Å². The first-order valence-electron chi connectivity index (χ1n) is 8.89. The molecule has 1 aromatic carbocycles. The predicted molar refractivity (Wildman–Crippen MR) is 104 cm³/mol. The summed E-state index contributed by atoms with van der Waals surface area (Å²) in [4.78, 5) is 6.20. The Morgan fingerprint density at radius 3 is 3.08 bits per heavy atom. The van der Waals surface area contributed by atoms with Gasteiger partial charge in [0.05, 0.1) is 25.8 Å². The van der Waals surface area contributed by atoms with Gasteiger partial charge in [-0.1, -0.05) is 37.2 Å². The summed E-state index contributed by atoms with van der Waals surface area (Å²) < 4.78 is 11.3. The average Bonchev–Trinajstić information content (AvgIpc) is 3.08. The molecule has 8 heteroatoms. The van der Waals surface area contributed by atoms with Crippen molar-refractivity contribution in [2.45, 2.75) is 25.1 Å². The number of thioether (sulfide) groups is 1. The maximum absolute atomic E-state index is 6.10. The predicted octanol–water partition coefficient (Wildman–Crippen LogP) is 2.17. The highest BCUT2D eigenvalue weighted by molar-refractivity contribution is 7.99. The second kappa shape index (κ2) is 9.08. The summed E-state index contributed by atoms with van der Waals surface area (Å²) in [7, 11) is 1.63. The van der Waals surface area contributed by atoms with Crippen molar-refractivity contribution in [3.05, 3.63) is 23.2 Å². The molecule has 1 aliphatic rings. The van der Waals surface area contributed by atoms with Crippen molar-refractivity contribution in [2.24, 2.45) is 5.92 Å². The van der Waals surface area contributed by atoms with Gasteiger partial charge in [0.15, 0.2) is 5.82 Å². The van der Waals surface area contributed by atoms with Crippen LogP contribution in [0.1, 0.15) is 13.8 Å². The van der Waals surface area contributed by atoms with Crippen LogP contribution in [0.25, 0.3) is 11.4 Å². The second-order valence-electron chi connectivity index (χ2n) is 6.92. The van der Waals surface area contributed by atoms with Crippen molar-refractivity contribution in [1.29, 1.82) is 0 Å². The van der Waals surface area contributed by atoms with E-state index in [1.54, 1.807) is 29.8 Å². The Labute approximate surface area is 163 Å². The number of quaternary nitrogens is 1. The van der Waals surface area contributed by atoms with E-state index in [1.807, 2.05) is 12.1 Å². The van der Waals surface area contributed by atoms with Gasteiger partial charge < -0.3 is 14.4 Å². The Kier molecular flexibility index (Phi) is 6.80. The standard InChI is InChI=1S/C18H25ClN4O2S/c1-12(2)9-23-6-7-25-14(10-23)11-26-18-20-17(21-22-18)15-8-13(19)4-5-16(15)24-3/h4-5,8,12,14H,6-7,9-11H2,1-3H3,(H,20,21,22)/p+1/t14-/m0/s1. The van der Waals surface area contributed by atoms with Crippen LogP contribution in [0.15, 0.2) is 23.4 Å². The molecule has 2 heterocycles. The number of morpholine rings is 1. The van der Waals surface area contributed by atoms with Crippen molar-refractivity contribution in [3.8, 4) is 17.1 Å². The fourth-order valence-corrected chi connectivity index (χ4v) is 4.17. The molecule has 2 aromatic rings. The number of benzene rings is 1. The number of nitrogens with one attached hydrogen (secondary N) is 2. The van der Waals surface area contributed by atoms with Gasteiger partial charge in [0.25, 0.3) is 0 Å². The summed E-state index contributed by atoms with van der Waals surface area (Å²) in [5.74, 6) is 2.93. The first-order chi connectivity index (χ1) is 12.5. The molecule has 2 N–H and O–H groups in total. The molecule has 26 heavy (non-hydrogen) atoms. The highest BCUT2D eigenvalue weighted by atomic mass is 35.5. The Balaban J connectivity index is 1.60. The highest BCUT2D eigenvalue weighted by Gasteiger charge is 2.25. The summed E-state index contributed by atoms with van der Waals surface area (Å²) in [5, 5.41) is 8.64. The number of ether oxygens (including phenoxy) is 2. The number of hydrogen-bond acceptors (Lipinski definition) is 5. The van der Waals surface area contributed by atoms with E-state index in [2.05, 4.69) is 29.0 Å². The molecule has 1 saturated heterocycles. The van der Waals surface area contributed by atoms with E-state index in [0.29, 0.717) is 27.7 Å². The Morgan fingerprint density at radius 2 is 2.31 bits per heavy atom. The number of nitrogens with zero attached hydrogens (tertiary/aromatic N) is 2. The van der Waals surface area contributed by atoms with Crippen molar-refractivity contribution < 1.29 is 14.4 Å². The average molecular weight is 398 g/mol. The molecule has 0 bridgehead atoms. The molecule has 0 aliphatic carbocycles. The summed E-state index contributed by atoms with van der Waals surface area (Å²) in [5.41, 5.74) is 0.806. The number of rotatable bonds is 7. The Morgan fingerprint density at radius 1 is 1.46 bits per heavy atom. The van der Waals surface area contributed by atoms with Crippen LogP contribution in [-0.2, 0) is 4.74 Å². The van der Waals surface area contributed by atoms with E-state index in [0.717, 1.165) is 31.0 Å². The minimum absolute atomic E-state index is 0.241. The monoisotopic (exact) mass is 397 g/mol. The molecule has 2 atom stereocenters. The van der Waals surface area contributed by atoms with Gasteiger partial charge in [0.1, 0.15) is 24.9 Å². The van der Waals surface area contributed by atoms with Gasteiger partial charge in [0.2, 0.25) is 5.16 Å². The van der Waals surface area contributed by atoms with Crippen molar-refractivity contribution in [1.82, 2.24) is 15.2 Å². The van der Waals surface area contributed by atoms with E-state index >= 15 is 0 Å². The number of aromatic amines is 1. The molecular weight excluding hydrogens is 372 g/mol. The number of H-pyrrole nitrogens is 1. The van der Waals surface area contributed by atoms with E-state index in [4.69, 9.17) is 21.1 Å². The third-order valence-corrected chi connectivity index (χ3v) is 5.52. The van der Waals surface area contributed by atoms with Gasteiger partial charge in [0, 0.05) is 16.7 Å². The molecule has 3 rings (SSSR count). The second-order valence-corrected chi connectivity index (χ2v) is 8.34. The molecule has 1 aromatic heterocycles. The highest BCUT2D eigenvalue weighted by Crippen LogP contribution is 2.31. The fourth-order valence-electron chi connectivity index (χ4n) is 3.19. The van der Waals surface area contributed by atoms with Crippen LogP contribution in [0, 0.1) is 5.92 Å². The van der Waals surface area contributed by atoms with Crippen LogP contribution in [0.2, 0.25) is 5.02 Å². The smallest absolute Gasteiger partial charge is 0.208 e. The van der Waals surface area contributed by atoms with Crippen LogP contribution in [0.3, 0.4) is 0 Å². The Bertz CT molecular complexity index is 725. The molecular formula is C18H26ClN4O2S+. The van der Waals surface area contributed by atoms with E-state index in [1.165, 1.54) is 6.54 Å². The minimum Gasteiger partial charge on any atom is -0.496 e. The topological polar surface area (TPSA) is 64.5 Å². The summed E-state index contributed by atoms with van der Waals surface area (Å²) in [6.45, 7) is 8.70. The SMILES string of the molecule is COc1ccc(Cl)cc1-c1nc(SC[C@@H]2C[NH+](CC(C)C)CCO2)n[nH]1. The zero-order chi connectivity index (χ0) is 18.5. The largest absolute Gasteiger partial charge is 0.496 e. The minimum atomic E-state index is 0.241. The maximum Gasteiger partial charge on any atom is 0.208 e. The first-order valence-corrected chi connectivity index (χ1v) is 10.3. The zero-order valence-corrected chi connectivity index (χ0v) is 17.0. The van der Waals surface area contributed by atoms with Crippen molar-refractivity contribution in [2.75, 3.05) is 39.1 Å². The molecule has 0 spiro atoms. The van der Waals surface area contributed by atoms with Crippen LogP contribution >= 0.6 is 23.4 Å². The van der Waals surface area contributed by atoms with Gasteiger partial charge in [-0.05, 0) is 18.2 Å². The number of hydrogen-bond donors (Lipinski definition) is 2. The lowest BCUT2D eigenvalue weighted by Gasteiger charge is -2.30. The molecule has 142 valence electrons. The molecule has 0 amide bonds. The van der Waals surface area contributed by atoms with Crippen LogP contribution in [-0.4, -0.2) is 60.4 Å². The van der Waals surface area contributed by atoms with Crippen LogP contribution < -0.4 is 9.64 Å². The number of aromatic nitrogens is 3. The van der Waals surface area contributed by atoms with Crippen molar-refractivity contribution in [3.63, 3.8) is 0 Å². The normalized spacial score (nSPS) is 20.5. The molecule has 6 nitrogen and oxygen atoms in total. The van der Waals surface area contributed by atoms with Crippen LogP contribution in [0.5, 0.6) is 5.75 Å². The number of halogens is 1. The summed E-state index contributed by atoms with van der Waals surface area (Å²) >= 11 is 7.72. The molecule has 1 fully saturated rings. The van der Waals surface area contributed by atoms with Gasteiger partial charge in [-0.3, -0.25) is 5.10 Å². The maximum atomic E-state index is 6.10. The zero-order valence-electron chi connectivity index (χ0n) is 15.4. The van der Waals surface area contributed by atoms with Gasteiger partial charge in [-0.15, -0.1) is 5.10 Å². The fraction of sp³-hybridized carbons (Fsp3) is 0.556. The first kappa shape index (κ1) is 19.5. The summed E-state index contributed by atoms with van der Waals surface area (Å²) in [6.07, 6.45) is 0.241. The molecule has 0 radical (unpaired) electrons. The number of methoxy groups -OCH3 is 1. The van der Waals surface area contributed by atoms with Gasteiger partial charge in [-0.2, -0.15) is 0 Å². The third-order valence-electron chi connectivity index (χ3n) is 4.30. The van der Waals surface area contributed by atoms with Crippen LogP contribution in [0.4, 0.5) is 0 Å². The quantitative estimate of drug-likeness (QED) is 0.701. The third kappa shape index (κ3) is 5.13.